The van der Waals surface area contributed by atoms with Gasteiger partial charge in [-0.25, -0.2) is 9.97 Å². The number of benzene rings is 1. The van der Waals surface area contributed by atoms with E-state index in [0.29, 0.717) is 23.9 Å². The number of H-pyrrole nitrogens is 1. The number of nitrogens with one attached hydrogen (secondary N) is 2. The zero-order valence-electron chi connectivity index (χ0n) is 17.2. The molecule has 0 saturated heterocycles. The van der Waals surface area contributed by atoms with E-state index in [1.807, 2.05) is 35.9 Å². The molecule has 1 aliphatic carbocycles. The smallest absolute Gasteiger partial charge is 0.259 e. The SMILES string of the molecule is Cn1c(CNC(=O)CSCc2nc3sc4c(c3c(=O)[nH]2)CCCC4)nc2ccccc21. The highest BCUT2D eigenvalue weighted by atomic mass is 32.2. The van der Waals surface area contributed by atoms with Crippen molar-refractivity contribution in [3.8, 4) is 0 Å². The van der Waals surface area contributed by atoms with Crippen molar-refractivity contribution in [1.82, 2.24) is 24.8 Å². The van der Waals surface area contributed by atoms with Crippen LogP contribution in [0.15, 0.2) is 29.1 Å². The predicted octanol–water partition coefficient (Wildman–Crippen LogP) is 3.30. The topological polar surface area (TPSA) is 92.7 Å². The Hall–Kier alpha value is -2.65. The van der Waals surface area contributed by atoms with Crippen LogP contribution in [0.5, 0.6) is 0 Å². The number of carbonyl (C=O) groups is 1. The molecular formula is C22H23N5O2S2. The van der Waals surface area contributed by atoms with Crippen molar-refractivity contribution >= 4 is 50.3 Å². The largest absolute Gasteiger partial charge is 0.348 e. The Morgan fingerprint density at radius 2 is 2.10 bits per heavy atom. The van der Waals surface area contributed by atoms with Gasteiger partial charge in [-0.05, 0) is 43.4 Å². The van der Waals surface area contributed by atoms with Crippen LogP contribution in [0.25, 0.3) is 21.3 Å². The lowest BCUT2D eigenvalue weighted by molar-refractivity contribution is -0.118. The van der Waals surface area contributed by atoms with E-state index in [4.69, 9.17) is 0 Å². The summed E-state index contributed by atoms with van der Waals surface area (Å²) in [4.78, 5) is 39.2. The first-order valence-electron chi connectivity index (χ1n) is 10.4. The molecule has 2 N–H and O–H groups in total. The van der Waals surface area contributed by atoms with Crippen LogP contribution in [-0.4, -0.2) is 31.2 Å². The molecule has 31 heavy (non-hydrogen) atoms. The Morgan fingerprint density at radius 1 is 1.26 bits per heavy atom. The maximum atomic E-state index is 12.6. The molecule has 0 spiro atoms. The molecule has 0 atom stereocenters. The summed E-state index contributed by atoms with van der Waals surface area (Å²) in [5.41, 5.74) is 3.11. The highest BCUT2D eigenvalue weighted by Crippen LogP contribution is 2.33. The van der Waals surface area contributed by atoms with Gasteiger partial charge in [-0.1, -0.05) is 12.1 Å². The van der Waals surface area contributed by atoms with Crippen molar-refractivity contribution in [3.05, 3.63) is 56.7 Å². The zero-order chi connectivity index (χ0) is 21.4. The van der Waals surface area contributed by atoms with Crippen molar-refractivity contribution < 1.29 is 4.79 Å². The lowest BCUT2D eigenvalue weighted by Crippen LogP contribution is -2.26. The number of aromatic nitrogens is 4. The summed E-state index contributed by atoms with van der Waals surface area (Å²) in [6.07, 6.45) is 4.34. The van der Waals surface area contributed by atoms with E-state index in [0.717, 1.165) is 46.3 Å². The van der Waals surface area contributed by atoms with E-state index >= 15 is 0 Å². The average molecular weight is 454 g/mol. The molecule has 7 nitrogen and oxygen atoms in total. The highest BCUT2D eigenvalue weighted by Gasteiger charge is 2.19. The fraction of sp³-hybridized carbons (Fsp3) is 0.364. The van der Waals surface area contributed by atoms with Crippen LogP contribution < -0.4 is 10.9 Å². The minimum absolute atomic E-state index is 0.0497. The van der Waals surface area contributed by atoms with E-state index in [1.54, 1.807) is 11.3 Å². The van der Waals surface area contributed by atoms with Gasteiger partial charge in [-0.15, -0.1) is 23.1 Å². The number of hydrogen-bond acceptors (Lipinski definition) is 6. The summed E-state index contributed by atoms with van der Waals surface area (Å²) in [5.74, 6) is 2.18. The minimum atomic E-state index is -0.0629. The number of thioether (sulfide) groups is 1. The summed E-state index contributed by atoms with van der Waals surface area (Å²) in [6.45, 7) is 0.381. The van der Waals surface area contributed by atoms with Crippen LogP contribution in [0.4, 0.5) is 0 Å². The monoisotopic (exact) mass is 453 g/mol. The molecule has 9 heteroatoms. The van der Waals surface area contributed by atoms with Crippen LogP contribution in [0.1, 0.15) is 34.9 Å². The molecule has 0 saturated carbocycles. The van der Waals surface area contributed by atoms with Crippen molar-refractivity contribution in [2.24, 2.45) is 7.05 Å². The van der Waals surface area contributed by atoms with Crippen LogP contribution in [0, 0.1) is 0 Å². The number of hydrogen-bond donors (Lipinski definition) is 2. The molecule has 0 fully saturated rings. The zero-order valence-corrected chi connectivity index (χ0v) is 18.9. The number of fused-ring (bicyclic) bond motifs is 4. The van der Waals surface area contributed by atoms with Crippen LogP contribution in [0.2, 0.25) is 0 Å². The first-order chi connectivity index (χ1) is 15.1. The number of para-hydroxylation sites is 2. The van der Waals surface area contributed by atoms with Gasteiger partial charge >= 0.3 is 0 Å². The Labute approximate surface area is 187 Å². The summed E-state index contributed by atoms with van der Waals surface area (Å²) in [5, 5.41) is 3.70. The molecule has 0 radical (unpaired) electrons. The third-order valence-corrected chi connectivity index (χ3v) is 7.80. The van der Waals surface area contributed by atoms with Gasteiger partial charge in [0.05, 0.1) is 34.5 Å². The number of aryl methyl sites for hydroxylation is 3. The molecule has 1 aliphatic rings. The fourth-order valence-corrected chi connectivity index (χ4v) is 6.10. The quantitative estimate of drug-likeness (QED) is 0.467. The summed E-state index contributed by atoms with van der Waals surface area (Å²) in [7, 11) is 1.95. The van der Waals surface area contributed by atoms with Crippen molar-refractivity contribution in [2.75, 3.05) is 5.75 Å². The second-order valence-electron chi connectivity index (χ2n) is 7.75. The molecule has 160 valence electrons. The van der Waals surface area contributed by atoms with Gasteiger partial charge in [-0.2, -0.15) is 0 Å². The molecule has 3 heterocycles. The van der Waals surface area contributed by atoms with Crippen LogP contribution in [-0.2, 0) is 37.0 Å². The molecule has 0 bridgehead atoms. The molecule has 1 aromatic carbocycles. The summed E-state index contributed by atoms with van der Waals surface area (Å²) < 4.78 is 1.99. The number of aromatic amines is 1. The van der Waals surface area contributed by atoms with Crippen molar-refractivity contribution in [1.29, 1.82) is 0 Å². The molecule has 4 aromatic rings. The Balaban J connectivity index is 1.19. The Bertz CT molecular complexity index is 1340. The third kappa shape index (κ3) is 3.99. The first kappa shape index (κ1) is 20.3. The van der Waals surface area contributed by atoms with Crippen molar-refractivity contribution in [2.45, 2.75) is 38.0 Å². The van der Waals surface area contributed by atoms with E-state index < -0.39 is 0 Å². The molecule has 0 aliphatic heterocycles. The number of thiophene rings is 1. The number of nitrogens with zero attached hydrogens (tertiary/aromatic N) is 3. The lowest BCUT2D eigenvalue weighted by Gasteiger charge is -2.09. The van der Waals surface area contributed by atoms with Crippen LogP contribution >= 0.6 is 23.1 Å². The predicted molar refractivity (Wildman–Crippen MR) is 126 cm³/mol. The fourth-order valence-electron chi connectivity index (χ4n) is 4.10. The second kappa shape index (κ2) is 8.47. The van der Waals surface area contributed by atoms with Gasteiger partial charge in [0, 0.05) is 11.9 Å². The number of carbonyl (C=O) groups excluding carboxylic acids is 1. The molecule has 0 unspecified atom stereocenters. The van der Waals surface area contributed by atoms with Crippen LogP contribution in [0.3, 0.4) is 0 Å². The van der Waals surface area contributed by atoms with Gasteiger partial charge in [-0.3, -0.25) is 9.59 Å². The van der Waals surface area contributed by atoms with E-state index in [9.17, 15) is 9.59 Å². The maximum Gasteiger partial charge on any atom is 0.259 e. The molecule has 1 amide bonds. The second-order valence-corrected chi connectivity index (χ2v) is 9.82. The number of imidazole rings is 1. The standard InChI is InChI=1S/C22H23N5O2S2/c1-27-15-8-4-3-7-14(15)24-18(27)10-23-19(28)12-30-11-17-25-21(29)20-13-6-2-5-9-16(13)31-22(20)26-17/h3-4,7-8H,2,5-6,9-12H2,1H3,(H,23,28)(H,25,26,29). The van der Waals surface area contributed by atoms with E-state index in [2.05, 4.69) is 20.3 Å². The van der Waals surface area contributed by atoms with Gasteiger partial charge in [0.2, 0.25) is 5.91 Å². The first-order valence-corrected chi connectivity index (χ1v) is 12.4. The number of amides is 1. The average Bonchev–Trinajstić information content (AvgIpc) is 3.30. The van der Waals surface area contributed by atoms with Gasteiger partial charge in [0.25, 0.3) is 5.56 Å². The van der Waals surface area contributed by atoms with Gasteiger partial charge in [0.1, 0.15) is 16.5 Å². The lowest BCUT2D eigenvalue weighted by atomic mass is 9.97. The number of rotatable bonds is 6. The van der Waals surface area contributed by atoms with Gasteiger partial charge < -0.3 is 14.9 Å². The minimum Gasteiger partial charge on any atom is -0.348 e. The molecular weight excluding hydrogens is 430 g/mol. The third-order valence-electron chi connectivity index (χ3n) is 5.67. The Kier molecular flexibility index (Phi) is 5.54. The summed E-state index contributed by atoms with van der Waals surface area (Å²) >= 11 is 3.09. The van der Waals surface area contributed by atoms with Gasteiger partial charge in [0.15, 0.2) is 0 Å². The van der Waals surface area contributed by atoms with E-state index in [1.165, 1.54) is 28.6 Å². The normalized spacial score (nSPS) is 13.6. The maximum absolute atomic E-state index is 12.6. The molecule has 5 rings (SSSR count). The van der Waals surface area contributed by atoms with E-state index in [-0.39, 0.29) is 11.5 Å². The Morgan fingerprint density at radius 3 is 2.97 bits per heavy atom. The summed E-state index contributed by atoms with van der Waals surface area (Å²) in [6, 6.07) is 7.91. The highest BCUT2D eigenvalue weighted by molar-refractivity contribution is 7.99. The van der Waals surface area contributed by atoms with Crippen molar-refractivity contribution in [3.63, 3.8) is 0 Å². The molecule has 3 aromatic heterocycles.